The quantitative estimate of drug-likeness (QED) is 0.391. The first kappa shape index (κ1) is 14.7. The molecule has 10 nitrogen and oxygen atoms in total. The molecule has 1 aromatic heterocycles. The van der Waals surface area contributed by atoms with E-state index in [1.54, 1.807) is 7.05 Å². The molecule has 12 heteroatoms. The standard InChI is InChI=1S/C8H11N5O5S2/c1-12-6(9-10-11-12)3-8(19)18-4-5-2-7(14)13(5)20(15,16)17/h5H,2-4H2,1H3,(H,15,16,17). The minimum absolute atomic E-state index is 0.0199. The molecule has 1 fully saturated rings. The largest absolute Gasteiger partial charge is 0.484 e. The Morgan fingerprint density at radius 3 is 2.80 bits per heavy atom. The number of thiocarbonyl (C=S) groups is 1. The summed E-state index contributed by atoms with van der Waals surface area (Å²) in [6, 6.07) is -0.743. The fourth-order valence-electron chi connectivity index (χ4n) is 1.68. The van der Waals surface area contributed by atoms with E-state index in [1.807, 2.05) is 0 Å². The number of β-lactam (4-membered cyclic amide) rings is 1. The second-order valence-electron chi connectivity index (χ2n) is 4.10. The van der Waals surface area contributed by atoms with Gasteiger partial charge in [-0.25, -0.2) is 8.99 Å². The van der Waals surface area contributed by atoms with Crippen molar-refractivity contribution in [3.8, 4) is 0 Å². The Balaban J connectivity index is 1.86. The van der Waals surface area contributed by atoms with E-state index >= 15 is 0 Å². The van der Waals surface area contributed by atoms with E-state index in [-0.39, 0.29) is 24.5 Å². The van der Waals surface area contributed by atoms with Crippen molar-refractivity contribution in [2.45, 2.75) is 18.9 Å². The molecule has 1 atom stereocenters. The zero-order chi connectivity index (χ0) is 14.9. The maximum Gasteiger partial charge on any atom is 0.362 e. The van der Waals surface area contributed by atoms with Crippen molar-refractivity contribution in [2.24, 2.45) is 7.05 Å². The number of aryl methyl sites for hydroxylation is 1. The predicted molar refractivity (Wildman–Crippen MR) is 67.9 cm³/mol. The molecule has 1 aromatic rings. The molecule has 110 valence electrons. The topological polar surface area (TPSA) is 128 Å². The molecule has 0 saturated carbocycles. The zero-order valence-corrected chi connectivity index (χ0v) is 12.0. The highest BCUT2D eigenvalue weighted by atomic mass is 32.2. The summed E-state index contributed by atoms with van der Waals surface area (Å²) < 4.78 is 37.7. The van der Waals surface area contributed by atoms with Crippen LogP contribution in [-0.2, 0) is 33.3 Å². The van der Waals surface area contributed by atoms with Crippen molar-refractivity contribution in [3.63, 3.8) is 0 Å². The van der Waals surface area contributed by atoms with Gasteiger partial charge in [-0.1, -0.05) is 0 Å². The van der Waals surface area contributed by atoms with Gasteiger partial charge in [0.05, 0.1) is 18.9 Å². The number of carbonyl (C=O) groups is 1. The number of hydrogen-bond donors (Lipinski definition) is 1. The second-order valence-corrected chi connectivity index (χ2v) is 5.85. The maximum absolute atomic E-state index is 11.1. The average molecular weight is 321 g/mol. The Kier molecular flexibility index (Phi) is 3.96. The number of aromatic nitrogens is 4. The number of rotatable bonds is 5. The number of tetrazole rings is 1. The predicted octanol–water partition coefficient (Wildman–Crippen LogP) is -1.50. The molecule has 1 aliphatic rings. The van der Waals surface area contributed by atoms with E-state index in [0.717, 1.165) is 0 Å². The molecule has 1 saturated heterocycles. The summed E-state index contributed by atoms with van der Waals surface area (Å²) in [6.45, 7) is -0.115. The van der Waals surface area contributed by atoms with Crippen LogP contribution in [0.4, 0.5) is 0 Å². The van der Waals surface area contributed by atoms with Gasteiger partial charge in [-0.3, -0.25) is 9.35 Å². The normalized spacial score (nSPS) is 18.8. The van der Waals surface area contributed by atoms with Gasteiger partial charge in [-0.15, -0.1) is 5.10 Å². The fourth-order valence-corrected chi connectivity index (χ4v) is 2.72. The molecule has 0 bridgehead atoms. The molecule has 20 heavy (non-hydrogen) atoms. The molecule has 0 radical (unpaired) electrons. The van der Waals surface area contributed by atoms with Crippen LogP contribution in [-0.4, -0.2) is 61.1 Å². The highest BCUT2D eigenvalue weighted by molar-refractivity contribution is 7.84. The number of nitrogens with zero attached hydrogens (tertiary/aromatic N) is 5. The van der Waals surface area contributed by atoms with E-state index in [1.165, 1.54) is 4.68 Å². The minimum Gasteiger partial charge on any atom is -0.484 e. The lowest BCUT2D eigenvalue weighted by molar-refractivity contribution is -0.139. The summed E-state index contributed by atoms with van der Waals surface area (Å²) in [5.74, 6) is -0.184. The maximum atomic E-state index is 11.1. The molecule has 1 amide bonds. The van der Waals surface area contributed by atoms with Gasteiger partial charge in [0, 0.05) is 7.05 Å². The van der Waals surface area contributed by atoms with Gasteiger partial charge in [0.25, 0.3) is 0 Å². The number of ether oxygens (including phenoxy) is 1. The van der Waals surface area contributed by atoms with Crippen LogP contribution in [0, 0.1) is 0 Å². The summed E-state index contributed by atoms with van der Waals surface area (Å²) in [4.78, 5) is 11.1. The van der Waals surface area contributed by atoms with Crippen LogP contribution in [0.3, 0.4) is 0 Å². The average Bonchev–Trinajstić information content (AvgIpc) is 2.67. The summed E-state index contributed by atoms with van der Waals surface area (Å²) in [5.41, 5.74) is 0. The molecular weight excluding hydrogens is 310 g/mol. The van der Waals surface area contributed by atoms with Gasteiger partial charge in [-0.05, 0) is 22.6 Å². The van der Waals surface area contributed by atoms with Crippen molar-refractivity contribution in [2.75, 3.05) is 6.61 Å². The van der Waals surface area contributed by atoms with Crippen LogP contribution in [0.1, 0.15) is 12.2 Å². The lowest BCUT2D eigenvalue weighted by atomic mass is 10.1. The monoisotopic (exact) mass is 321 g/mol. The molecule has 1 N–H and O–H groups in total. The lowest BCUT2D eigenvalue weighted by Crippen LogP contribution is -2.57. The van der Waals surface area contributed by atoms with Gasteiger partial charge in [-0.2, -0.15) is 8.42 Å². The van der Waals surface area contributed by atoms with Crippen LogP contribution in [0.15, 0.2) is 0 Å². The van der Waals surface area contributed by atoms with Gasteiger partial charge in [0.15, 0.2) is 10.9 Å². The summed E-state index contributed by atoms with van der Waals surface area (Å²) in [5, 5.41) is 10.9. The van der Waals surface area contributed by atoms with Gasteiger partial charge in [0.2, 0.25) is 5.91 Å². The third-order valence-corrected chi connectivity index (χ3v) is 3.94. The molecule has 0 aliphatic carbocycles. The van der Waals surface area contributed by atoms with E-state index in [2.05, 4.69) is 15.5 Å². The third kappa shape index (κ3) is 3.08. The van der Waals surface area contributed by atoms with Gasteiger partial charge >= 0.3 is 10.3 Å². The number of hydrogen-bond acceptors (Lipinski definition) is 8. The summed E-state index contributed by atoms with van der Waals surface area (Å²) in [6.07, 6.45) is 0.166. The Morgan fingerprint density at radius 1 is 1.60 bits per heavy atom. The van der Waals surface area contributed by atoms with Crippen molar-refractivity contribution >= 4 is 33.5 Å². The van der Waals surface area contributed by atoms with E-state index < -0.39 is 22.3 Å². The molecule has 0 aromatic carbocycles. The molecular formula is C8H11N5O5S2. The van der Waals surface area contributed by atoms with E-state index in [9.17, 15) is 13.2 Å². The first-order chi connectivity index (χ1) is 9.29. The van der Waals surface area contributed by atoms with Crippen molar-refractivity contribution < 1.29 is 22.5 Å². The number of carbonyl (C=O) groups excluding carboxylic acids is 1. The molecule has 2 rings (SSSR count). The fraction of sp³-hybridized carbons (Fsp3) is 0.625. The van der Waals surface area contributed by atoms with Crippen molar-refractivity contribution in [3.05, 3.63) is 5.82 Å². The second kappa shape index (κ2) is 5.38. The van der Waals surface area contributed by atoms with Gasteiger partial charge < -0.3 is 4.74 Å². The summed E-state index contributed by atoms with van der Waals surface area (Å²) in [7, 11) is -2.90. The Morgan fingerprint density at radius 2 is 2.30 bits per heavy atom. The Bertz CT molecular complexity index is 641. The smallest absolute Gasteiger partial charge is 0.362 e. The van der Waals surface area contributed by atoms with Crippen LogP contribution in [0.5, 0.6) is 0 Å². The van der Waals surface area contributed by atoms with Crippen LogP contribution in [0.25, 0.3) is 0 Å². The molecule has 0 spiro atoms. The first-order valence-corrected chi connectivity index (χ1v) is 7.26. The van der Waals surface area contributed by atoms with Gasteiger partial charge in [0.1, 0.15) is 6.61 Å². The highest BCUT2D eigenvalue weighted by Crippen LogP contribution is 2.22. The highest BCUT2D eigenvalue weighted by Gasteiger charge is 2.44. The zero-order valence-electron chi connectivity index (χ0n) is 10.3. The lowest BCUT2D eigenvalue weighted by Gasteiger charge is -2.36. The first-order valence-electron chi connectivity index (χ1n) is 5.45. The van der Waals surface area contributed by atoms with Crippen LogP contribution < -0.4 is 0 Å². The number of amides is 1. The van der Waals surface area contributed by atoms with Crippen molar-refractivity contribution in [1.82, 2.24) is 24.5 Å². The Hall–Kier alpha value is -1.66. The van der Waals surface area contributed by atoms with Crippen LogP contribution >= 0.6 is 12.2 Å². The van der Waals surface area contributed by atoms with Crippen molar-refractivity contribution in [1.29, 1.82) is 0 Å². The minimum atomic E-state index is -4.54. The molecule has 1 aliphatic heterocycles. The molecule has 1 unspecified atom stereocenters. The molecule has 2 heterocycles. The SMILES string of the molecule is Cn1nnnc1CC(=S)OCC1CC(=O)N1S(=O)(=O)O. The van der Waals surface area contributed by atoms with E-state index in [4.69, 9.17) is 21.5 Å². The summed E-state index contributed by atoms with van der Waals surface area (Å²) >= 11 is 4.97. The third-order valence-electron chi connectivity index (χ3n) is 2.68. The Labute approximate surface area is 119 Å². The van der Waals surface area contributed by atoms with E-state index in [0.29, 0.717) is 10.1 Å². The van der Waals surface area contributed by atoms with Crippen LogP contribution in [0.2, 0.25) is 0 Å².